The highest BCUT2D eigenvalue weighted by Gasteiger charge is 2.31. The predicted molar refractivity (Wildman–Crippen MR) is 91.0 cm³/mol. The monoisotopic (exact) mass is 384 g/mol. The van der Waals surface area contributed by atoms with Gasteiger partial charge in [0.05, 0.1) is 5.56 Å². The van der Waals surface area contributed by atoms with Gasteiger partial charge in [0, 0.05) is 45.2 Å². The van der Waals surface area contributed by atoms with Crippen LogP contribution >= 0.6 is 0 Å². The number of halogens is 2. The van der Waals surface area contributed by atoms with E-state index >= 15 is 0 Å². The Morgan fingerprint density at radius 2 is 1.96 bits per heavy atom. The number of piperidine rings is 1. The molecule has 0 aliphatic carbocycles. The number of nitrogens with one attached hydrogen (secondary N) is 1. The fourth-order valence-corrected chi connectivity index (χ4v) is 2.96. The van der Waals surface area contributed by atoms with Crippen LogP contribution in [0.25, 0.3) is 0 Å². The van der Waals surface area contributed by atoms with Gasteiger partial charge in [0.1, 0.15) is 17.7 Å². The van der Waals surface area contributed by atoms with Crippen molar-refractivity contribution in [1.82, 2.24) is 10.2 Å². The smallest absolute Gasteiger partial charge is 0.326 e. The zero-order chi connectivity index (χ0) is 20.0. The maximum atomic E-state index is 13.8. The largest absolute Gasteiger partial charge is 0.480 e. The Kier molecular flexibility index (Phi) is 7.23. The van der Waals surface area contributed by atoms with Crippen LogP contribution in [0.15, 0.2) is 18.2 Å². The second-order valence-corrected chi connectivity index (χ2v) is 6.37. The first-order chi connectivity index (χ1) is 12.8. The molecule has 2 N–H and O–H groups in total. The Bertz CT molecular complexity index is 705. The van der Waals surface area contributed by atoms with Gasteiger partial charge in [-0.3, -0.25) is 9.59 Å². The topological polar surface area (TPSA) is 95.9 Å². The summed E-state index contributed by atoms with van der Waals surface area (Å²) in [5.41, 5.74) is -0.218. The first-order valence-electron chi connectivity index (χ1n) is 8.60. The van der Waals surface area contributed by atoms with Gasteiger partial charge in [-0.2, -0.15) is 0 Å². The number of hydrogen-bond donors (Lipinski definition) is 2. The fourth-order valence-electron chi connectivity index (χ4n) is 2.96. The average Bonchev–Trinajstić information content (AvgIpc) is 2.64. The summed E-state index contributed by atoms with van der Waals surface area (Å²) in [6.45, 7) is 0.653. The SMILES string of the molecule is COCCC(NC(=O)C1CCN(C(=O)c2ccc(F)cc2F)CC1)C(=O)O. The van der Waals surface area contributed by atoms with Crippen molar-refractivity contribution in [2.75, 3.05) is 26.8 Å². The lowest BCUT2D eigenvalue weighted by Gasteiger charge is -2.32. The van der Waals surface area contributed by atoms with E-state index in [-0.39, 0.29) is 31.7 Å². The highest BCUT2D eigenvalue weighted by molar-refractivity contribution is 5.94. The lowest BCUT2D eigenvalue weighted by atomic mass is 9.95. The van der Waals surface area contributed by atoms with Crippen molar-refractivity contribution in [2.45, 2.75) is 25.3 Å². The maximum absolute atomic E-state index is 13.8. The minimum absolute atomic E-state index is 0.152. The van der Waals surface area contributed by atoms with Crippen LogP contribution in [0, 0.1) is 17.6 Å². The molecule has 7 nitrogen and oxygen atoms in total. The number of aliphatic carboxylic acids is 1. The van der Waals surface area contributed by atoms with Gasteiger partial charge in [-0.1, -0.05) is 0 Å². The van der Waals surface area contributed by atoms with Crippen LogP contribution in [-0.4, -0.2) is 60.6 Å². The van der Waals surface area contributed by atoms with Crippen molar-refractivity contribution in [3.8, 4) is 0 Å². The van der Waals surface area contributed by atoms with Gasteiger partial charge >= 0.3 is 5.97 Å². The summed E-state index contributed by atoms with van der Waals surface area (Å²) in [7, 11) is 1.44. The Morgan fingerprint density at radius 3 is 2.52 bits per heavy atom. The summed E-state index contributed by atoms with van der Waals surface area (Å²) < 4.78 is 31.6. The maximum Gasteiger partial charge on any atom is 0.326 e. The van der Waals surface area contributed by atoms with Crippen LogP contribution in [0.5, 0.6) is 0 Å². The van der Waals surface area contributed by atoms with E-state index in [9.17, 15) is 23.2 Å². The van der Waals surface area contributed by atoms with Gasteiger partial charge in [0.2, 0.25) is 5.91 Å². The number of likely N-dealkylation sites (tertiary alicyclic amines) is 1. The highest BCUT2D eigenvalue weighted by Crippen LogP contribution is 2.21. The van der Waals surface area contributed by atoms with Gasteiger partial charge < -0.3 is 20.1 Å². The van der Waals surface area contributed by atoms with Gasteiger partial charge in [0.15, 0.2) is 0 Å². The Labute approximate surface area is 155 Å². The highest BCUT2D eigenvalue weighted by atomic mass is 19.1. The van der Waals surface area contributed by atoms with Crippen LogP contribution in [0.1, 0.15) is 29.6 Å². The molecule has 2 rings (SSSR count). The molecular formula is C18H22F2N2O5. The first kappa shape index (κ1) is 20.8. The molecule has 1 atom stereocenters. The van der Waals surface area contributed by atoms with E-state index in [0.29, 0.717) is 18.9 Å². The number of amides is 2. The fraction of sp³-hybridized carbons (Fsp3) is 0.500. The molecule has 1 saturated heterocycles. The molecule has 0 radical (unpaired) electrons. The molecule has 27 heavy (non-hydrogen) atoms. The van der Waals surface area contributed by atoms with Crippen LogP contribution in [0.2, 0.25) is 0 Å². The molecule has 0 aromatic heterocycles. The quantitative estimate of drug-likeness (QED) is 0.741. The van der Waals surface area contributed by atoms with E-state index in [1.54, 1.807) is 0 Å². The molecule has 148 valence electrons. The second kappa shape index (κ2) is 9.40. The van der Waals surface area contributed by atoms with E-state index < -0.39 is 41.4 Å². The zero-order valence-corrected chi connectivity index (χ0v) is 14.9. The molecule has 1 aromatic carbocycles. The molecule has 9 heteroatoms. The number of ether oxygens (including phenoxy) is 1. The third-order valence-electron chi connectivity index (χ3n) is 4.54. The Balaban J connectivity index is 1.91. The van der Waals surface area contributed by atoms with Crippen molar-refractivity contribution in [2.24, 2.45) is 5.92 Å². The number of carbonyl (C=O) groups excluding carboxylic acids is 2. The number of rotatable bonds is 7. The van der Waals surface area contributed by atoms with Crippen LogP contribution in [0.3, 0.4) is 0 Å². The van der Waals surface area contributed by atoms with Crippen molar-refractivity contribution in [3.63, 3.8) is 0 Å². The zero-order valence-electron chi connectivity index (χ0n) is 14.9. The number of nitrogens with zero attached hydrogens (tertiary/aromatic N) is 1. The summed E-state index contributed by atoms with van der Waals surface area (Å²) in [6.07, 6.45) is 0.812. The second-order valence-electron chi connectivity index (χ2n) is 6.37. The van der Waals surface area contributed by atoms with E-state index in [4.69, 9.17) is 9.84 Å². The van der Waals surface area contributed by atoms with Crippen molar-refractivity contribution in [1.29, 1.82) is 0 Å². The van der Waals surface area contributed by atoms with E-state index in [0.717, 1.165) is 12.1 Å². The Morgan fingerprint density at radius 1 is 1.30 bits per heavy atom. The minimum Gasteiger partial charge on any atom is -0.480 e. The number of methoxy groups -OCH3 is 1. The molecule has 0 bridgehead atoms. The van der Waals surface area contributed by atoms with Crippen LogP contribution < -0.4 is 5.32 Å². The summed E-state index contributed by atoms with van der Waals surface area (Å²) in [4.78, 5) is 37.3. The lowest BCUT2D eigenvalue weighted by Crippen LogP contribution is -2.47. The Hall–Kier alpha value is -2.55. The van der Waals surface area contributed by atoms with E-state index in [2.05, 4.69) is 5.32 Å². The van der Waals surface area contributed by atoms with E-state index in [1.165, 1.54) is 12.0 Å². The number of carbonyl (C=O) groups is 3. The van der Waals surface area contributed by atoms with Gasteiger partial charge in [-0.25, -0.2) is 13.6 Å². The van der Waals surface area contributed by atoms with Crippen molar-refractivity contribution >= 4 is 17.8 Å². The average molecular weight is 384 g/mol. The van der Waals surface area contributed by atoms with E-state index in [1.807, 2.05) is 0 Å². The molecule has 1 aliphatic rings. The van der Waals surface area contributed by atoms with Crippen LogP contribution in [0.4, 0.5) is 8.78 Å². The molecule has 0 spiro atoms. The summed E-state index contributed by atoms with van der Waals surface area (Å²) in [6, 6.07) is 1.73. The summed E-state index contributed by atoms with van der Waals surface area (Å²) in [5, 5.41) is 11.6. The van der Waals surface area contributed by atoms with Crippen molar-refractivity contribution < 1.29 is 33.0 Å². The number of carboxylic acids is 1. The third-order valence-corrected chi connectivity index (χ3v) is 4.54. The third kappa shape index (κ3) is 5.46. The molecule has 1 aromatic rings. The molecule has 1 fully saturated rings. The van der Waals surface area contributed by atoms with Gasteiger partial charge in [0.25, 0.3) is 5.91 Å². The van der Waals surface area contributed by atoms with Gasteiger partial charge in [-0.05, 0) is 25.0 Å². The van der Waals surface area contributed by atoms with Crippen LogP contribution in [-0.2, 0) is 14.3 Å². The molecule has 1 heterocycles. The molecule has 1 aliphatic heterocycles. The van der Waals surface area contributed by atoms with Gasteiger partial charge in [-0.15, -0.1) is 0 Å². The molecule has 1 unspecified atom stereocenters. The first-order valence-corrected chi connectivity index (χ1v) is 8.60. The number of benzene rings is 1. The molecule has 2 amide bonds. The molecular weight excluding hydrogens is 362 g/mol. The normalized spacial score (nSPS) is 16.0. The molecule has 0 saturated carbocycles. The minimum atomic E-state index is -1.14. The predicted octanol–water partition coefficient (Wildman–Crippen LogP) is 1.42. The summed E-state index contributed by atoms with van der Waals surface area (Å²) in [5.74, 6) is -4.21. The number of hydrogen-bond acceptors (Lipinski definition) is 4. The standard InChI is InChI=1S/C18H22F2N2O5/c1-27-9-6-15(18(25)26)21-16(23)11-4-7-22(8-5-11)17(24)13-3-2-12(19)10-14(13)20/h2-3,10-11,15H,4-9H2,1H3,(H,21,23)(H,25,26). The lowest BCUT2D eigenvalue weighted by molar-refractivity contribution is -0.143. The van der Waals surface area contributed by atoms with Crippen molar-refractivity contribution in [3.05, 3.63) is 35.4 Å². The summed E-state index contributed by atoms with van der Waals surface area (Å²) >= 11 is 0. The number of carboxylic acid groups (broad SMARTS) is 1.